The molecule has 1 aliphatic carbocycles. The van der Waals surface area contributed by atoms with Gasteiger partial charge in [0.25, 0.3) is 0 Å². The molecule has 6 heteroatoms. The van der Waals surface area contributed by atoms with Gasteiger partial charge in [-0.1, -0.05) is 24.0 Å². The fourth-order valence-electron chi connectivity index (χ4n) is 4.57. The molecule has 4 aromatic carbocycles. The van der Waals surface area contributed by atoms with E-state index in [1.165, 1.54) is 12.8 Å². The summed E-state index contributed by atoms with van der Waals surface area (Å²) < 4.78 is 6.11. The lowest BCUT2D eigenvalue weighted by molar-refractivity contribution is 0.143. The van der Waals surface area contributed by atoms with Crippen molar-refractivity contribution in [1.82, 2.24) is 9.97 Å². The highest BCUT2D eigenvalue weighted by Gasteiger charge is 2.22. The standard InChI is InChI=1S/C30H28N4O2/c1-30(2,35)13-12-17-8-10-20-22(14-17)23-15-19(36-16-18-6-7-18)9-11-21(23)28-27(20)33-29(34-28)26-24(31)4-3-5-25(26)32/h3-5,8-11,14-15,18,35H,6-7,16,31-32H2,1-2H3,(H,33,34). The number of nitrogen functional groups attached to an aromatic ring is 2. The number of nitrogens with zero attached hydrogens (tertiary/aromatic N) is 1. The number of aromatic amines is 1. The second-order valence-electron chi connectivity index (χ2n) is 10.2. The van der Waals surface area contributed by atoms with E-state index < -0.39 is 5.60 Å². The molecule has 0 atom stereocenters. The van der Waals surface area contributed by atoms with Gasteiger partial charge in [0.1, 0.15) is 17.2 Å². The molecule has 180 valence electrons. The van der Waals surface area contributed by atoms with Gasteiger partial charge in [-0.2, -0.15) is 0 Å². The third kappa shape index (κ3) is 4.08. The molecule has 0 bridgehead atoms. The van der Waals surface area contributed by atoms with Crippen molar-refractivity contribution in [3.63, 3.8) is 0 Å². The maximum atomic E-state index is 10.1. The van der Waals surface area contributed by atoms with Crippen molar-refractivity contribution in [2.24, 2.45) is 5.92 Å². The van der Waals surface area contributed by atoms with Gasteiger partial charge in [0.05, 0.1) is 23.2 Å². The zero-order valence-electron chi connectivity index (χ0n) is 20.4. The van der Waals surface area contributed by atoms with E-state index in [9.17, 15) is 5.11 Å². The molecular formula is C30H28N4O2. The predicted molar refractivity (Wildman–Crippen MR) is 147 cm³/mol. The second-order valence-corrected chi connectivity index (χ2v) is 10.2. The topological polar surface area (TPSA) is 110 Å². The van der Waals surface area contributed by atoms with Gasteiger partial charge >= 0.3 is 0 Å². The van der Waals surface area contributed by atoms with Crippen LogP contribution >= 0.6 is 0 Å². The fourth-order valence-corrected chi connectivity index (χ4v) is 4.57. The van der Waals surface area contributed by atoms with Crippen LogP contribution in [0, 0.1) is 17.8 Å². The lowest BCUT2D eigenvalue weighted by Crippen LogP contribution is -2.14. The summed E-state index contributed by atoms with van der Waals surface area (Å²) in [6, 6.07) is 17.7. The van der Waals surface area contributed by atoms with Crippen LogP contribution in [0.2, 0.25) is 0 Å². The SMILES string of the molecule is CC(C)(O)C#Cc1ccc2c(c1)c1cc(OCC3CC3)ccc1c1[nH]c(-c3c(N)cccc3N)nc21. The molecule has 1 saturated carbocycles. The van der Waals surface area contributed by atoms with Gasteiger partial charge in [0, 0.05) is 27.7 Å². The largest absolute Gasteiger partial charge is 0.493 e. The summed E-state index contributed by atoms with van der Waals surface area (Å²) in [7, 11) is 0. The molecule has 0 aliphatic heterocycles. The number of aliphatic hydroxyl groups is 1. The zero-order valence-corrected chi connectivity index (χ0v) is 20.4. The third-order valence-electron chi connectivity index (χ3n) is 6.59. The Balaban J connectivity index is 1.61. The second kappa shape index (κ2) is 8.18. The molecule has 6 N–H and O–H groups in total. The first kappa shape index (κ1) is 22.3. The summed E-state index contributed by atoms with van der Waals surface area (Å²) in [4.78, 5) is 8.46. The number of aromatic nitrogens is 2. The molecule has 1 fully saturated rings. The molecule has 6 rings (SSSR count). The van der Waals surface area contributed by atoms with Crippen LogP contribution in [0.15, 0.2) is 54.6 Å². The number of fused-ring (bicyclic) bond motifs is 6. The molecule has 6 nitrogen and oxygen atoms in total. The predicted octanol–water partition coefficient (Wildman–Crippen LogP) is 5.61. The highest BCUT2D eigenvalue weighted by molar-refractivity contribution is 6.24. The van der Waals surface area contributed by atoms with E-state index in [1.807, 2.05) is 36.4 Å². The van der Waals surface area contributed by atoms with Crippen molar-refractivity contribution in [3.05, 3.63) is 60.2 Å². The summed E-state index contributed by atoms with van der Waals surface area (Å²) in [6.45, 7) is 4.10. The quantitative estimate of drug-likeness (QED) is 0.153. The van der Waals surface area contributed by atoms with Gasteiger partial charge in [-0.15, -0.1) is 0 Å². The molecule has 0 amide bonds. The minimum atomic E-state index is -1.07. The van der Waals surface area contributed by atoms with Crippen molar-refractivity contribution in [2.75, 3.05) is 18.1 Å². The van der Waals surface area contributed by atoms with Gasteiger partial charge in [0.2, 0.25) is 0 Å². The average Bonchev–Trinajstić information content (AvgIpc) is 3.57. The van der Waals surface area contributed by atoms with Gasteiger partial charge < -0.3 is 26.3 Å². The van der Waals surface area contributed by atoms with Crippen molar-refractivity contribution in [2.45, 2.75) is 32.3 Å². The van der Waals surface area contributed by atoms with Crippen LogP contribution in [0.4, 0.5) is 11.4 Å². The lowest BCUT2D eigenvalue weighted by Gasteiger charge is -2.11. The Labute approximate surface area is 209 Å². The van der Waals surface area contributed by atoms with E-state index in [0.717, 1.165) is 50.5 Å². The molecule has 5 aromatic rings. The Morgan fingerprint density at radius 1 is 1.00 bits per heavy atom. The number of imidazole rings is 1. The Kier molecular flexibility index (Phi) is 5.06. The normalized spacial score (nSPS) is 13.8. The molecule has 0 radical (unpaired) electrons. The first-order valence-corrected chi connectivity index (χ1v) is 12.2. The zero-order chi connectivity index (χ0) is 25.0. The summed E-state index contributed by atoms with van der Waals surface area (Å²) in [5.41, 5.74) is 15.9. The number of rotatable bonds is 4. The number of nitrogens with two attached hydrogens (primary N) is 2. The number of hydrogen-bond acceptors (Lipinski definition) is 5. The maximum Gasteiger partial charge on any atom is 0.142 e. The fraction of sp³-hybridized carbons (Fsp3) is 0.233. The van der Waals surface area contributed by atoms with Gasteiger partial charge in [-0.25, -0.2) is 4.98 Å². The van der Waals surface area contributed by atoms with Crippen LogP contribution in [0.1, 0.15) is 32.3 Å². The molecule has 1 heterocycles. The summed E-state index contributed by atoms with van der Waals surface area (Å²) in [6.07, 6.45) is 2.48. The van der Waals surface area contributed by atoms with E-state index in [2.05, 4.69) is 35.0 Å². The third-order valence-corrected chi connectivity index (χ3v) is 6.59. The summed E-state index contributed by atoms with van der Waals surface area (Å²) in [5.74, 6) is 8.16. The Hall–Kier alpha value is -4.21. The van der Waals surface area contributed by atoms with Gasteiger partial charge in [0.15, 0.2) is 0 Å². The van der Waals surface area contributed by atoms with Crippen LogP contribution in [0.3, 0.4) is 0 Å². The molecular weight excluding hydrogens is 448 g/mol. The number of nitrogens with one attached hydrogen (secondary N) is 1. The van der Waals surface area contributed by atoms with E-state index in [1.54, 1.807) is 13.8 Å². The average molecular weight is 477 g/mol. The first-order valence-electron chi connectivity index (χ1n) is 12.2. The van der Waals surface area contributed by atoms with Crippen molar-refractivity contribution in [3.8, 4) is 29.0 Å². The minimum Gasteiger partial charge on any atom is -0.493 e. The van der Waals surface area contributed by atoms with Crippen LogP contribution < -0.4 is 16.2 Å². The first-order chi connectivity index (χ1) is 17.3. The molecule has 0 spiro atoms. The van der Waals surface area contributed by atoms with Crippen molar-refractivity contribution < 1.29 is 9.84 Å². The molecule has 0 saturated heterocycles. The van der Waals surface area contributed by atoms with Crippen LogP contribution in [-0.2, 0) is 0 Å². The minimum absolute atomic E-state index is 0.572. The summed E-state index contributed by atoms with van der Waals surface area (Å²) >= 11 is 0. The maximum absolute atomic E-state index is 10.1. The monoisotopic (exact) mass is 476 g/mol. The van der Waals surface area contributed by atoms with Gasteiger partial charge in [-0.05, 0) is 85.8 Å². The summed E-state index contributed by atoms with van der Waals surface area (Å²) in [5, 5.41) is 14.2. The van der Waals surface area contributed by atoms with E-state index >= 15 is 0 Å². The van der Waals surface area contributed by atoms with Crippen LogP contribution in [0.5, 0.6) is 5.75 Å². The van der Waals surface area contributed by atoms with Crippen LogP contribution in [0.25, 0.3) is 44.0 Å². The number of H-pyrrole nitrogens is 1. The molecule has 1 aliphatic rings. The molecule has 36 heavy (non-hydrogen) atoms. The van der Waals surface area contributed by atoms with E-state index in [0.29, 0.717) is 28.7 Å². The lowest BCUT2D eigenvalue weighted by atomic mass is 9.97. The number of hydrogen-bond donors (Lipinski definition) is 4. The van der Waals surface area contributed by atoms with Crippen LogP contribution in [-0.4, -0.2) is 27.3 Å². The number of benzene rings is 4. The highest BCUT2D eigenvalue weighted by atomic mass is 16.5. The van der Waals surface area contributed by atoms with E-state index in [-0.39, 0.29) is 0 Å². The Bertz CT molecular complexity index is 1690. The van der Waals surface area contributed by atoms with Crippen molar-refractivity contribution >= 4 is 44.0 Å². The van der Waals surface area contributed by atoms with Crippen molar-refractivity contribution in [1.29, 1.82) is 0 Å². The molecule has 0 unspecified atom stereocenters. The Morgan fingerprint density at radius 2 is 1.72 bits per heavy atom. The number of ether oxygens (including phenoxy) is 1. The van der Waals surface area contributed by atoms with E-state index in [4.69, 9.17) is 21.2 Å². The van der Waals surface area contributed by atoms with Gasteiger partial charge in [-0.3, -0.25) is 0 Å². The highest BCUT2D eigenvalue weighted by Crippen LogP contribution is 2.39. The smallest absolute Gasteiger partial charge is 0.142 e. The molecule has 1 aromatic heterocycles. The number of anilines is 2. The Morgan fingerprint density at radius 3 is 2.44 bits per heavy atom.